The maximum absolute atomic E-state index is 10.7. The Morgan fingerprint density at radius 2 is 2.26 bits per heavy atom. The van der Waals surface area contributed by atoms with Gasteiger partial charge in [-0.05, 0) is 19.3 Å². The van der Waals surface area contributed by atoms with Crippen molar-refractivity contribution in [1.29, 1.82) is 0 Å². The Labute approximate surface area is 122 Å². The molecule has 1 aliphatic heterocycles. The molecule has 0 amide bonds. The molecule has 0 spiro atoms. The summed E-state index contributed by atoms with van der Waals surface area (Å²) in [5.41, 5.74) is 0. The molecule has 1 aliphatic rings. The van der Waals surface area contributed by atoms with Crippen molar-refractivity contribution in [3.8, 4) is 0 Å². The summed E-state index contributed by atoms with van der Waals surface area (Å²) in [4.78, 5) is 20.6. The van der Waals surface area contributed by atoms with Gasteiger partial charge in [-0.3, -0.25) is 0 Å². The lowest BCUT2D eigenvalue weighted by molar-refractivity contribution is -0.268. The van der Waals surface area contributed by atoms with Crippen LogP contribution < -0.4 is 0 Å². The minimum Gasteiger partial charge on any atom is -0.460 e. The molecular weight excluding hydrogens is 284 g/mol. The summed E-state index contributed by atoms with van der Waals surface area (Å²) < 4.78 is 4.72. The van der Waals surface area contributed by atoms with Crippen LogP contribution in [-0.4, -0.2) is 30.2 Å². The molecule has 1 unspecified atom stereocenters. The van der Waals surface area contributed by atoms with E-state index < -0.39 is 5.97 Å². The van der Waals surface area contributed by atoms with Crippen LogP contribution in [0, 0.1) is 0 Å². The summed E-state index contributed by atoms with van der Waals surface area (Å²) >= 11 is 0. The average molecular weight is 304 g/mol. The van der Waals surface area contributed by atoms with Crippen molar-refractivity contribution in [2.45, 2.75) is 30.9 Å². The molecule has 6 heteroatoms. The quantitative estimate of drug-likeness (QED) is 0.117. The van der Waals surface area contributed by atoms with Gasteiger partial charge in [-0.1, -0.05) is 34.7 Å². The van der Waals surface area contributed by atoms with Crippen LogP contribution in [0.2, 0.25) is 0 Å². The molecule has 0 N–H and O–H groups in total. The number of ether oxygens (including phenoxy) is 1. The van der Waals surface area contributed by atoms with Crippen molar-refractivity contribution >= 4 is 27.6 Å². The Kier molecular flexibility index (Phi) is 8.86. The van der Waals surface area contributed by atoms with E-state index in [4.69, 9.17) is 14.5 Å². The lowest BCUT2D eigenvalue weighted by Crippen LogP contribution is -2.08. The topological polar surface area (TPSA) is 44.8 Å². The van der Waals surface area contributed by atoms with Gasteiger partial charge in [-0.2, -0.15) is 4.89 Å². The highest BCUT2D eigenvalue weighted by atomic mass is 33.1. The Morgan fingerprint density at radius 1 is 1.42 bits per heavy atom. The molecular formula is C13H20O4S2. The second-order valence-corrected chi connectivity index (χ2v) is 6.82. The first-order valence-electron chi connectivity index (χ1n) is 6.27. The number of rotatable bonds is 10. The Hall–Kier alpha value is -0.590. The van der Waals surface area contributed by atoms with Crippen molar-refractivity contribution < 1.29 is 19.3 Å². The van der Waals surface area contributed by atoms with E-state index in [0.717, 1.165) is 24.2 Å². The zero-order valence-corrected chi connectivity index (χ0v) is 12.6. The molecule has 1 fully saturated rings. The van der Waals surface area contributed by atoms with E-state index in [2.05, 4.69) is 13.2 Å². The first-order chi connectivity index (χ1) is 9.22. The van der Waals surface area contributed by atoms with Gasteiger partial charge in [0.2, 0.25) is 0 Å². The zero-order chi connectivity index (χ0) is 13.9. The minimum absolute atomic E-state index is 0.147. The lowest BCUT2D eigenvalue weighted by Gasteiger charge is -2.09. The van der Waals surface area contributed by atoms with E-state index in [9.17, 15) is 4.79 Å². The summed E-state index contributed by atoms with van der Waals surface area (Å²) in [5.74, 6) is 1.42. The van der Waals surface area contributed by atoms with Crippen LogP contribution >= 0.6 is 21.6 Å². The highest BCUT2D eigenvalue weighted by Gasteiger charge is 2.15. The van der Waals surface area contributed by atoms with E-state index in [0.29, 0.717) is 5.76 Å². The maximum atomic E-state index is 10.7. The normalized spacial score (nSPS) is 18.0. The fraction of sp³-hybridized carbons (Fsp3) is 0.615. The third-order valence-corrected chi connectivity index (χ3v) is 5.47. The van der Waals surface area contributed by atoms with E-state index in [1.54, 1.807) is 0 Å². The van der Waals surface area contributed by atoms with Gasteiger partial charge >= 0.3 is 5.97 Å². The summed E-state index contributed by atoms with van der Waals surface area (Å²) in [6.45, 7) is 7.41. The first kappa shape index (κ1) is 16.5. The third-order valence-electron chi connectivity index (χ3n) is 2.46. The number of esters is 1. The monoisotopic (exact) mass is 304 g/mol. The van der Waals surface area contributed by atoms with E-state index >= 15 is 0 Å². The Bertz CT molecular complexity index is 301. The average Bonchev–Trinajstić information content (AvgIpc) is 2.91. The van der Waals surface area contributed by atoms with Crippen LogP contribution in [0.5, 0.6) is 0 Å². The van der Waals surface area contributed by atoms with E-state index in [-0.39, 0.29) is 13.2 Å². The molecule has 0 aromatic rings. The van der Waals surface area contributed by atoms with Crippen LogP contribution in [0.4, 0.5) is 0 Å². The number of hydrogen-bond acceptors (Lipinski definition) is 6. The molecule has 0 radical (unpaired) electrons. The first-order valence-corrected chi connectivity index (χ1v) is 8.65. The van der Waals surface area contributed by atoms with E-state index in [1.807, 2.05) is 21.6 Å². The predicted octanol–water partition coefficient (Wildman–Crippen LogP) is 3.50. The largest absolute Gasteiger partial charge is 0.460 e. The predicted molar refractivity (Wildman–Crippen MR) is 79.6 cm³/mol. The molecule has 0 bridgehead atoms. The molecule has 0 saturated carbocycles. The van der Waals surface area contributed by atoms with Crippen molar-refractivity contribution in [3.63, 3.8) is 0 Å². The molecule has 1 saturated heterocycles. The smallest absolute Gasteiger partial charge is 0.330 e. The maximum Gasteiger partial charge on any atom is 0.330 e. The Morgan fingerprint density at radius 3 is 2.95 bits per heavy atom. The molecule has 1 atom stereocenters. The van der Waals surface area contributed by atoms with Crippen LogP contribution in [0.1, 0.15) is 25.7 Å². The molecule has 19 heavy (non-hydrogen) atoms. The van der Waals surface area contributed by atoms with Crippen molar-refractivity contribution in [3.05, 3.63) is 25.0 Å². The Balaban J connectivity index is 1.90. The third kappa shape index (κ3) is 8.23. The standard InChI is InChI=1S/C13H20O4S2/c1-3-13(14)15-8-9-16-17-11(2)5-4-6-12-7-10-18-19-12/h3,12H,1-2,4-10H2. The zero-order valence-electron chi connectivity index (χ0n) is 11.0. The summed E-state index contributed by atoms with van der Waals surface area (Å²) in [5, 5.41) is 0.775. The SMILES string of the molecule is C=CC(=O)OCCOOC(=C)CCCC1CCSS1. The number of carbonyl (C=O) groups is 1. The second kappa shape index (κ2) is 10.2. The molecule has 0 aromatic carbocycles. The molecule has 1 rings (SSSR count). The van der Waals surface area contributed by atoms with E-state index in [1.165, 1.54) is 18.6 Å². The number of hydrogen-bond donors (Lipinski definition) is 0. The van der Waals surface area contributed by atoms with Gasteiger partial charge in [0, 0.05) is 23.5 Å². The lowest BCUT2D eigenvalue weighted by atomic mass is 10.1. The van der Waals surface area contributed by atoms with Crippen LogP contribution in [-0.2, 0) is 19.3 Å². The number of carbonyl (C=O) groups excluding carboxylic acids is 1. The highest BCUT2D eigenvalue weighted by Crippen LogP contribution is 2.39. The van der Waals surface area contributed by atoms with Crippen molar-refractivity contribution in [2.75, 3.05) is 19.0 Å². The van der Waals surface area contributed by atoms with Gasteiger partial charge < -0.3 is 9.62 Å². The fourth-order valence-corrected chi connectivity index (χ4v) is 4.52. The van der Waals surface area contributed by atoms with Gasteiger partial charge in [0.05, 0.1) is 0 Å². The van der Waals surface area contributed by atoms with Gasteiger partial charge in [0.15, 0.2) is 0 Å². The van der Waals surface area contributed by atoms with Gasteiger partial charge in [-0.15, -0.1) is 0 Å². The molecule has 108 valence electrons. The molecule has 4 nitrogen and oxygen atoms in total. The molecule has 0 aromatic heterocycles. The van der Waals surface area contributed by atoms with Gasteiger partial charge in [0.25, 0.3) is 0 Å². The van der Waals surface area contributed by atoms with Crippen LogP contribution in [0.25, 0.3) is 0 Å². The van der Waals surface area contributed by atoms with Gasteiger partial charge in [0.1, 0.15) is 19.0 Å². The van der Waals surface area contributed by atoms with Crippen molar-refractivity contribution in [2.24, 2.45) is 0 Å². The van der Waals surface area contributed by atoms with Gasteiger partial charge in [-0.25, -0.2) is 4.79 Å². The summed E-state index contributed by atoms with van der Waals surface area (Å²) in [7, 11) is 3.94. The summed E-state index contributed by atoms with van der Waals surface area (Å²) in [6.07, 6.45) is 5.46. The minimum atomic E-state index is -0.464. The second-order valence-electron chi connectivity index (χ2n) is 4.04. The number of allylic oxidation sites excluding steroid dienone is 1. The van der Waals surface area contributed by atoms with Crippen molar-refractivity contribution in [1.82, 2.24) is 0 Å². The summed E-state index contributed by atoms with van der Waals surface area (Å²) in [6, 6.07) is 0. The fourth-order valence-electron chi connectivity index (χ4n) is 1.49. The molecule has 0 aliphatic carbocycles. The highest BCUT2D eigenvalue weighted by molar-refractivity contribution is 8.77. The van der Waals surface area contributed by atoms with Crippen LogP contribution in [0.3, 0.4) is 0 Å². The molecule has 1 heterocycles. The van der Waals surface area contributed by atoms with Crippen LogP contribution in [0.15, 0.2) is 25.0 Å².